The van der Waals surface area contributed by atoms with E-state index in [1.165, 1.54) is 10.8 Å². The fourth-order valence-electron chi connectivity index (χ4n) is 1.54. The average molecular weight is 297 g/mol. The largest absolute Gasteiger partial charge is 0.454 e. The van der Waals surface area contributed by atoms with Crippen LogP contribution < -0.4 is 0 Å². The quantitative estimate of drug-likeness (QED) is 0.755. The molecule has 0 saturated carbocycles. The Morgan fingerprint density at radius 2 is 1.95 bits per heavy atom. The second kappa shape index (κ2) is 5.77. The molecule has 0 fully saturated rings. The predicted molar refractivity (Wildman–Crippen MR) is 63.8 cm³/mol. The minimum atomic E-state index is -4.92. The molecular weight excluding hydrogens is 283 g/mol. The summed E-state index contributed by atoms with van der Waals surface area (Å²) >= 11 is 0. The number of hydrogen-bond acceptors (Lipinski definition) is 3. The molecule has 0 aliphatic rings. The number of rotatable bonds is 6. The van der Waals surface area contributed by atoms with E-state index < -0.39 is 27.4 Å². The number of aryl methyl sites for hydroxylation is 1. The molecule has 8 heteroatoms. The minimum Gasteiger partial charge on any atom is -0.352 e. The van der Waals surface area contributed by atoms with Gasteiger partial charge < -0.3 is 4.57 Å². The van der Waals surface area contributed by atoms with Crippen LogP contribution in [0.2, 0.25) is 0 Å². The van der Waals surface area contributed by atoms with Gasteiger partial charge in [-0.25, -0.2) is 8.42 Å². The van der Waals surface area contributed by atoms with Crippen LogP contribution in [0.25, 0.3) is 0 Å². The lowest BCUT2D eigenvalue weighted by Crippen LogP contribution is -2.22. The van der Waals surface area contributed by atoms with E-state index in [0.717, 1.165) is 12.3 Å². The number of hydrogen-bond donors (Lipinski definition) is 0. The maximum atomic E-state index is 12.2. The van der Waals surface area contributed by atoms with Crippen molar-refractivity contribution in [2.45, 2.75) is 26.1 Å². The van der Waals surface area contributed by atoms with Gasteiger partial charge in [0.25, 0.3) is 5.78 Å². The lowest BCUT2D eigenvalue weighted by Gasteiger charge is -2.04. The fraction of sp³-hybridized carbons (Fsp3) is 0.545. The summed E-state index contributed by atoms with van der Waals surface area (Å²) in [4.78, 5) is 10.9. The summed E-state index contributed by atoms with van der Waals surface area (Å²) in [6.07, 6.45) is -2.15. The standard InChI is InChI=1S/C11H14F3NO3S/c1-2-6-19(17,18)7-5-15-4-3-9(8-15)10(16)11(12,13)14/h3-4,8H,2,5-7H2,1H3. The Hall–Kier alpha value is -1.31. The monoisotopic (exact) mass is 297 g/mol. The molecule has 19 heavy (non-hydrogen) atoms. The zero-order chi connectivity index (χ0) is 14.7. The topological polar surface area (TPSA) is 56.1 Å². The Morgan fingerprint density at radius 1 is 1.32 bits per heavy atom. The van der Waals surface area contributed by atoms with Crippen LogP contribution in [-0.4, -0.2) is 36.5 Å². The van der Waals surface area contributed by atoms with Gasteiger partial charge in [-0.2, -0.15) is 13.2 Å². The first-order valence-corrected chi connectivity index (χ1v) is 7.45. The Morgan fingerprint density at radius 3 is 2.47 bits per heavy atom. The molecule has 0 atom stereocenters. The van der Waals surface area contributed by atoms with E-state index in [9.17, 15) is 26.4 Å². The number of aromatic nitrogens is 1. The van der Waals surface area contributed by atoms with E-state index in [0.29, 0.717) is 6.42 Å². The van der Waals surface area contributed by atoms with Crippen molar-refractivity contribution in [1.82, 2.24) is 4.57 Å². The van der Waals surface area contributed by atoms with Gasteiger partial charge in [0.1, 0.15) is 0 Å². The van der Waals surface area contributed by atoms with E-state index in [-0.39, 0.29) is 18.1 Å². The summed E-state index contributed by atoms with van der Waals surface area (Å²) in [5, 5.41) is 0. The van der Waals surface area contributed by atoms with Crippen LogP contribution >= 0.6 is 0 Å². The van der Waals surface area contributed by atoms with Crippen LogP contribution in [0.3, 0.4) is 0 Å². The van der Waals surface area contributed by atoms with E-state index in [1.807, 2.05) is 0 Å². The van der Waals surface area contributed by atoms with Crippen molar-refractivity contribution in [3.8, 4) is 0 Å². The van der Waals surface area contributed by atoms with Crippen LogP contribution in [0, 0.1) is 0 Å². The molecule has 108 valence electrons. The molecule has 0 aliphatic carbocycles. The SMILES string of the molecule is CCCS(=O)(=O)CCn1ccc(C(=O)C(F)(F)F)c1. The van der Waals surface area contributed by atoms with Gasteiger partial charge in [0.15, 0.2) is 9.84 Å². The Bertz CT molecular complexity index is 546. The number of nitrogens with zero attached hydrogens (tertiary/aromatic N) is 1. The molecule has 0 N–H and O–H groups in total. The zero-order valence-electron chi connectivity index (χ0n) is 10.3. The first kappa shape index (κ1) is 15.7. The molecule has 0 aliphatic heterocycles. The second-order valence-corrected chi connectivity index (χ2v) is 6.42. The number of ketones is 1. The molecule has 1 aromatic heterocycles. The van der Waals surface area contributed by atoms with Crippen molar-refractivity contribution in [3.63, 3.8) is 0 Å². The van der Waals surface area contributed by atoms with Crippen molar-refractivity contribution in [2.24, 2.45) is 0 Å². The summed E-state index contributed by atoms with van der Waals surface area (Å²) in [5.41, 5.74) is -0.486. The van der Waals surface area contributed by atoms with Gasteiger partial charge in [-0.1, -0.05) is 6.92 Å². The summed E-state index contributed by atoms with van der Waals surface area (Å²) in [7, 11) is -3.20. The molecule has 0 aromatic carbocycles. The highest BCUT2D eigenvalue weighted by Gasteiger charge is 2.39. The first-order chi connectivity index (χ1) is 8.65. The molecule has 1 heterocycles. The van der Waals surface area contributed by atoms with Crippen molar-refractivity contribution >= 4 is 15.6 Å². The maximum Gasteiger partial charge on any atom is 0.454 e. The lowest BCUT2D eigenvalue weighted by molar-refractivity contribution is -0.0885. The third-order valence-corrected chi connectivity index (χ3v) is 4.28. The van der Waals surface area contributed by atoms with Gasteiger partial charge in [-0.05, 0) is 12.5 Å². The Labute approximate surface area is 109 Å². The van der Waals surface area contributed by atoms with E-state index in [2.05, 4.69) is 0 Å². The maximum absolute atomic E-state index is 12.2. The van der Waals surface area contributed by atoms with Crippen LogP contribution in [0.5, 0.6) is 0 Å². The van der Waals surface area contributed by atoms with Gasteiger partial charge in [0.05, 0.1) is 5.75 Å². The van der Waals surface area contributed by atoms with Gasteiger partial charge in [0, 0.05) is 30.3 Å². The van der Waals surface area contributed by atoms with Gasteiger partial charge in [-0.3, -0.25) is 4.79 Å². The van der Waals surface area contributed by atoms with Gasteiger partial charge >= 0.3 is 6.18 Å². The molecule has 1 aromatic rings. The van der Waals surface area contributed by atoms with E-state index in [4.69, 9.17) is 0 Å². The number of halogens is 3. The summed E-state index contributed by atoms with van der Waals surface area (Å²) in [6, 6.07) is 1.03. The molecule has 0 radical (unpaired) electrons. The van der Waals surface area contributed by atoms with Crippen molar-refractivity contribution in [2.75, 3.05) is 11.5 Å². The highest BCUT2D eigenvalue weighted by Crippen LogP contribution is 2.21. The Kier molecular flexibility index (Phi) is 4.78. The van der Waals surface area contributed by atoms with Crippen LogP contribution in [-0.2, 0) is 16.4 Å². The zero-order valence-corrected chi connectivity index (χ0v) is 11.1. The molecule has 0 bridgehead atoms. The van der Waals surface area contributed by atoms with Gasteiger partial charge in [-0.15, -0.1) is 0 Å². The third kappa shape index (κ3) is 4.70. The van der Waals surface area contributed by atoms with Crippen molar-refractivity contribution in [1.29, 1.82) is 0 Å². The first-order valence-electron chi connectivity index (χ1n) is 5.63. The predicted octanol–water partition coefficient (Wildman–Crippen LogP) is 2.06. The fourth-order valence-corrected chi connectivity index (χ4v) is 2.85. The number of sulfone groups is 1. The number of carbonyl (C=O) groups is 1. The Balaban J connectivity index is 2.69. The van der Waals surface area contributed by atoms with E-state index in [1.54, 1.807) is 6.92 Å². The summed E-state index contributed by atoms with van der Waals surface area (Å²) in [5.74, 6) is -2.04. The summed E-state index contributed by atoms with van der Waals surface area (Å²) in [6.45, 7) is 1.76. The molecule has 0 spiro atoms. The highest BCUT2D eigenvalue weighted by atomic mass is 32.2. The van der Waals surface area contributed by atoms with Crippen LogP contribution in [0.15, 0.2) is 18.5 Å². The molecule has 1 rings (SSSR count). The molecule has 4 nitrogen and oxygen atoms in total. The highest BCUT2D eigenvalue weighted by molar-refractivity contribution is 7.91. The molecule has 0 saturated heterocycles. The number of Topliss-reactive ketones (excluding diaryl/α,β-unsaturated/α-hetero) is 1. The molecule has 0 amide bonds. The van der Waals surface area contributed by atoms with Crippen molar-refractivity contribution in [3.05, 3.63) is 24.0 Å². The molecular formula is C11H14F3NO3S. The smallest absolute Gasteiger partial charge is 0.352 e. The van der Waals surface area contributed by atoms with Crippen LogP contribution in [0.4, 0.5) is 13.2 Å². The average Bonchev–Trinajstić information content (AvgIpc) is 2.72. The normalized spacial score (nSPS) is 12.6. The summed E-state index contributed by atoms with van der Waals surface area (Å²) < 4.78 is 60.7. The number of carbonyl (C=O) groups excluding carboxylic acids is 1. The van der Waals surface area contributed by atoms with Crippen LogP contribution in [0.1, 0.15) is 23.7 Å². The number of alkyl halides is 3. The molecule has 0 unspecified atom stereocenters. The van der Waals surface area contributed by atoms with E-state index >= 15 is 0 Å². The third-order valence-electron chi connectivity index (χ3n) is 2.45. The van der Waals surface area contributed by atoms with Crippen molar-refractivity contribution < 1.29 is 26.4 Å². The van der Waals surface area contributed by atoms with Gasteiger partial charge in [0.2, 0.25) is 0 Å². The minimum absolute atomic E-state index is 0.0352. The lowest BCUT2D eigenvalue weighted by atomic mass is 10.2. The second-order valence-electron chi connectivity index (χ2n) is 4.12.